The van der Waals surface area contributed by atoms with E-state index in [-0.39, 0.29) is 17.6 Å². The minimum atomic E-state index is -5.12. The van der Waals surface area contributed by atoms with Crippen LogP contribution in [0.5, 0.6) is 0 Å². The highest BCUT2D eigenvalue weighted by molar-refractivity contribution is 5.95. The zero-order valence-corrected chi connectivity index (χ0v) is 15.2. The van der Waals surface area contributed by atoms with Gasteiger partial charge < -0.3 is 16.4 Å². The molecule has 0 spiro atoms. The molecule has 0 saturated heterocycles. The maximum atomic E-state index is 15.1. The van der Waals surface area contributed by atoms with Gasteiger partial charge in [0, 0.05) is 29.7 Å². The first-order valence-electron chi connectivity index (χ1n) is 8.88. The lowest BCUT2D eigenvalue weighted by Gasteiger charge is -2.37. The molecule has 1 aromatic carbocycles. The van der Waals surface area contributed by atoms with E-state index in [1.54, 1.807) is 5.32 Å². The van der Waals surface area contributed by atoms with Crippen molar-refractivity contribution in [3.05, 3.63) is 46.8 Å². The number of carbonyl (C=O) groups is 1. The molecule has 1 fully saturated rings. The summed E-state index contributed by atoms with van der Waals surface area (Å²) in [6, 6.07) is 0.600. The second kappa shape index (κ2) is 6.83. The van der Waals surface area contributed by atoms with Crippen LogP contribution in [0.4, 0.5) is 38.4 Å². The van der Waals surface area contributed by atoms with E-state index in [0.29, 0.717) is 18.9 Å². The van der Waals surface area contributed by atoms with Gasteiger partial charge in [-0.05, 0) is 25.0 Å². The number of nitrogens with one attached hydrogen (secondary N) is 2. The largest absolute Gasteiger partial charge is 0.427 e. The molecule has 30 heavy (non-hydrogen) atoms. The summed E-state index contributed by atoms with van der Waals surface area (Å²) >= 11 is 0. The SMILES string of the molecule is Nc1nccc(Cc2c(F)cc3c(c2F)NC(=O)N[C@]3(C#CC2CC2)C(F)(F)F)n1. The van der Waals surface area contributed by atoms with Gasteiger partial charge in [-0.3, -0.25) is 0 Å². The Hall–Kier alpha value is -3.42. The van der Waals surface area contributed by atoms with Gasteiger partial charge in [0.2, 0.25) is 11.5 Å². The van der Waals surface area contributed by atoms with Crippen LogP contribution < -0.4 is 16.4 Å². The van der Waals surface area contributed by atoms with E-state index in [1.165, 1.54) is 12.3 Å². The number of hydrogen-bond donors (Lipinski definition) is 3. The molecular weight excluding hydrogens is 409 g/mol. The van der Waals surface area contributed by atoms with Gasteiger partial charge in [-0.25, -0.2) is 23.5 Å². The first-order chi connectivity index (χ1) is 14.1. The van der Waals surface area contributed by atoms with E-state index in [9.17, 15) is 22.4 Å². The standard InChI is InChI=1S/C19H14F5N5O/c20-13-8-12-15(14(21)11(13)7-10-4-6-26-16(25)27-10)28-17(30)29-18(12,19(22,23)24)5-3-9-1-2-9/h4,6,8-9H,1-2,7H2,(H2,25,26,27)(H2,28,29,30)/t18-/m0/s1. The van der Waals surface area contributed by atoms with Crippen molar-refractivity contribution in [1.82, 2.24) is 15.3 Å². The van der Waals surface area contributed by atoms with Crippen LogP contribution in [-0.4, -0.2) is 22.2 Å². The number of alkyl halides is 3. The van der Waals surface area contributed by atoms with Crippen molar-refractivity contribution in [3.63, 3.8) is 0 Å². The molecule has 0 unspecified atom stereocenters. The summed E-state index contributed by atoms with van der Waals surface area (Å²) in [5.74, 6) is 1.55. The maximum Gasteiger partial charge on any atom is 0.427 e. The number of benzene rings is 1. The van der Waals surface area contributed by atoms with Crippen LogP contribution in [0.25, 0.3) is 0 Å². The number of halogens is 5. The molecule has 11 heteroatoms. The summed E-state index contributed by atoms with van der Waals surface area (Å²) < 4.78 is 72.1. The van der Waals surface area contributed by atoms with Crippen LogP contribution in [-0.2, 0) is 12.0 Å². The molecule has 1 atom stereocenters. The molecule has 2 heterocycles. The molecule has 2 amide bonds. The zero-order valence-electron chi connectivity index (χ0n) is 15.2. The molecule has 0 bridgehead atoms. The number of carbonyl (C=O) groups excluding carboxylic acids is 1. The van der Waals surface area contributed by atoms with E-state index >= 15 is 4.39 Å². The van der Waals surface area contributed by atoms with Gasteiger partial charge in [-0.2, -0.15) is 13.2 Å². The molecule has 0 radical (unpaired) electrons. The number of rotatable bonds is 2. The third kappa shape index (κ3) is 3.38. The van der Waals surface area contributed by atoms with Crippen LogP contribution in [0.1, 0.15) is 29.7 Å². The number of urea groups is 1. The topological polar surface area (TPSA) is 92.9 Å². The van der Waals surface area contributed by atoms with Crippen molar-refractivity contribution in [2.75, 3.05) is 11.1 Å². The second-order valence-corrected chi connectivity index (χ2v) is 7.03. The van der Waals surface area contributed by atoms with E-state index < -0.39 is 52.6 Å². The number of aromatic nitrogens is 2. The van der Waals surface area contributed by atoms with Crippen LogP contribution >= 0.6 is 0 Å². The molecule has 1 aliphatic carbocycles. The number of nitrogen functional groups attached to an aromatic ring is 1. The van der Waals surface area contributed by atoms with E-state index in [2.05, 4.69) is 15.9 Å². The highest BCUT2D eigenvalue weighted by Gasteiger charge is 2.60. The van der Waals surface area contributed by atoms with Crippen molar-refractivity contribution < 1.29 is 26.7 Å². The molecule has 4 N–H and O–H groups in total. The Morgan fingerprint density at radius 2 is 2.03 bits per heavy atom. The summed E-state index contributed by atoms with van der Waals surface area (Å²) in [6.07, 6.45) is -3.00. The van der Waals surface area contributed by atoms with Gasteiger partial charge in [0.25, 0.3) is 0 Å². The van der Waals surface area contributed by atoms with Crippen molar-refractivity contribution in [2.45, 2.75) is 31.0 Å². The van der Waals surface area contributed by atoms with Crippen LogP contribution in [0.15, 0.2) is 18.3 Å². The van der Waals surface area contributed by atoms with Crippen molar-refractivity contribution in [2.24, 2.45) is 5.92 Å². The Bertz CT molecular complexity index is 1100. The number of hydrogen-bond acceptors (Lipinski definition) is 4. The smallest absolute Gasteiger partial charge is 0.368 e. The number of fused-ring (bicyclic) bond motifs is 1. The first kappa shape index (κ1) is 19.9. The Balaban J connectivity index is 1.88. The number of amides is 2. The Morgan fingerprint density at radius 1 is 1.30 bits per heavy atom. The summed E-state index contributed by atoms with van der Waals surface area (Å²) in [6.45, 7) is 0. The quantitative estimate of drug-likeness (QED) is 0.511. The van der Waals surface area contributed by atoms with Gasteiger partial charge in [-0.15, -0.1) is 0 Å². The Labute approximate surface area is 167 Å². The number of nitrogens with two attached hydrogens (primary N) is 1. The fraction of sp³-hybridized carbons (Fsp3) is 0.316. The van der Waals surface area contributed by atoms with Gasteiger partial charge >= 0.3 is 12.2 Å². The molecule has 1 aliphatic heterocycles. The molecule has 1 saturated carbocycles. The van der Waals surface area contributed by atoms with E-state index in [1.807, 2.05) is 11.2 Å². The molecule has 2 aliphatic rings. The molecule has 2 aromatic rings. The number of nitrogens with zero attached hydrogens (tertiary/aromatic N) is 2. The normalized spacial score (nSPS) is 20.5. The highest BCUT2D eigenvalue weighted by atomic mass is 19.4. The summed E-state index contributed by atoms with van der Waals surface area (Å²) in [5.41, 5.74) is 0.177. The summed E-state index contributed by atoms with van der Waals surface area (Å²) in [7, 11) is 0. The van der Waals surface area contributed by atoms with Crippen LogP contribution in [0.2, 0.25) is 0 Å². The third-order valence-electron chi connectivity index (χ3n) is 4.81. The van der Waals surface area contributed by atoms with Crippen LogP contribution in [0, 0.1) is 29.4 Å². The van der Waals surface area contributed by atoms with Crippen molar-refractivity contribution in [3.8, 4) is 11.8 Å². The van der Waals surface area contributed by atoms with Crippen molar-refractivity contribution in [1.29, 1.82) is 0 Å². The Kier molecular flexibility index (Phi) is 4.52. The predicted octanol–water partition coefficient (Wildman–Crippen LogP) is 3.23. The Morgan fingerprint density at radius 3 is 2.67 bits per heavy atom. The molecule has 4 rings (SSSR count). The second-order valence-electron chi connectivity index (χ2n) is 7.03. The third-order valence-corrected chi connectivity index (χ3v) is 4.81. The minimum Gasteiger partial charge on any atom is -0.368 e. The van der Waals surface area contributed by atoms with Gasteiger partial charge in [-0.1, -0.05) is 11.8 Å². The monoisotopic (exact) mass is 423 g/mol. The highest BCUT2D eigenvalue weighted by Crippen LogP contribution is 2.46. The lowest BCUT2D eigenvalue weighted by molar-refractivity contribution is -0.178. The van der Waals surface area contributed by atoms with Gasteiger partial charge in [0.1, 0.15) is 5.82 Å². The average molecular weight is 423 g/mol. The maximum absolute atomic E-state index is 15.1. The molecule has 1 aromatic heterocycles. The molecular formula is C19H14F5N5O. The van der Waals surface area contributed by atoms with E-state index in [0.717, 1.165) is 0 Å². The van der Waals surface area contributed by atoms with Gasteiger partial charge in [0.15, 0.2) is 5.82 Å². The number of anilines is 2. The molecule has 156 valence electrons. The van der Waals surface area contributed by atoms with Crippen molar-refractivity contribution >= 4 is 17.7 Å². The van der Waals surface area contributed by atoms with Gasteiger partial charge in [0.05, 0.1) is 11.4 Å². The lowest BCUT2D eigenvalue weighted by Crippen LogP contribution is -2.59. The lowest BCUT2D eigenvalue weighted by atomic mass is 9.84. The average Bonchev–Trinajstić information content (AvgIpc) is 3.48. The minimum absolute atomic E-state index is 0.129. The first-order valence-corrected chi connectivity index (χ1v) is 8.88. The fourth-order valence-corrected chi connectivity index (χ4v) is 3.15. The summed E-state index contributed by atoms with van der Waals surface area (Å²) in [4.78, 5) is 19.5. The predicted molar refractivity (Wildman–Crippen MR) is 96.0 cm³/mol. The fourth-order valence-electron chi connectivity index (χ4n) is 3.15. The summed E-state index contributed by atoms with van der Waals surface area (Å²) in [5, 5.41) is 3.73. The zero-order chi connectivity index (χ0) is 21.7. The van der Waals surface area contributed by atoms with Crippen LogP contribution in [0.3, 0.4) is 0 Å². The van der Waals surface area contributed by atoms with E-state index in [4.69, 9.17) is 5.73 Å². The molecule has 6 nitrogen and oxygen atoms in total.